The summed E-state index contributed by atoms with van der Waals surface area (Å²) >= 11 is 7.81. The third-order valence-corrected chi connectivity index (χ3v) is 4.69. The number of halogens is 1. The maximum Gasteiger partial charge on any atom is 0.335 e. The summed E-state index contributed by atoms with van der Waals surface area (Å²) in [4.78, 5) is 24.6. The van der Waals surface area contributed by atoms with Gasteiger partial charge in [0.15, 0.2) is 0 Å². The molecule has 0 radical (unpaired) electrons. The van der Waals surface area contributed by atoms with Crippen LogP contribution < -0.4 is 5.32 Å². The van der Waals surface area contributed by atoms with E-state index in [2.05, 4.69) is 5.32 Å². The van der Waals surface area contributed by atoms with E-state index in [1.165, 1.54) is 18.2 Å². The number of rotatable bonds is 3. The molecule has 0 bridgehead atoms. The molecule has 2 N–H and O–H groups in total. The van der Waals surface area contributed by atoms with Gasteiger partial charge in [-0.15, -0.1) is 0 Å². The lowest BCUT2D eigenvalue weighted by Gasteiger charge is -2.24. The summed E-state index contributed by atoms with van der Waals surface area (Å²) in [6, 6.07) is 4.24. The normalized spacial score (nSPS) is 17.8. The topological polar surface area (TPSA) is 69.6 Å². The summed E-state index contributed by atoms with van der Waals surface area (Å²) < 4.78 is 0. The molecule has 1 heterocycles. The first kappa shape index (κ1) is 15.0. The van der Waals surface area contributed by atoms with Crippen molar-refractivity contribution in [3.05, 3.63) is 28.8 Å². The van der Waals surface area contributed by atoms with Gasteiger partial charge in [0, 0.05) is 18.8 Å². The van der Waals surface area contributed by atoms with Gasteiger partial charge in [-0.3, -0.25) is 0 Å². The van der Waals surface area contributed by atoms with Gasteiger partial charge >= 0.3 is 12.0 Å². The number of urea groups is 1. The van der Waals surface area contributed by atoms with Gasteiger partial charge < -0.3 is 15.3 Å². The highest BCUT2D eigenvalue weighted by Crippen LogP contribution is 2.25. The van der Waals surface area contributed by atoms with E-state index in [9.17, 15) is 9.59 Å². The first-order valence-corrected chi connectivity index (χ1v) is 7.66. The van der Waals surface area contributed by atoms with Gasteiger partial charge in [0.05, 0.1) is 16.3 Å². The van der Waals surface area contributed by atoms with Gasteiger partial charge in [-0.2, -0.15) is 11.8 Å². The van der Waals surface area contributed by atoms with E-state index in [0.717, 1.165) is 17.9 Å². The van der Waals surface area contributed by atoms with Crippen LogP contribution in [0.1, 0.15) is 16.8 Å². The number of thioether (sulfide) groups is 1. The second kappa shape index (κ2) is 6.37. The highest BCUT2D eigenvalue weighted by atomic mass is 35.5. The van der Waals surface area contributed by atoms with Crippen LogP contribution in [0.4, 0.5) is 10.5 Å². The van der Waals surface area contributed by atoms with Crippen LogP contribution >= 0.6 is 23.4 Å². The number of hydrogen-bond donors (Lipinski definition) is 2. The van der Waals surface area contributed by atoms with E-state index in [1.54, 1.807) is 11.9 Å². The van der Waals surface area contributed by atoms with Crippen LogP contribution in [-0.4, -0.2) is 46.6 Å². The van der Waals surface area contributed by atoms with E-state index in [-0.39, 0.29) is 22.7 Å². The Bertz CT molecular complexity index is 532. The third-order valence-electron chi connectivity index (χ3n) is 3.23. The molecule has 5 nitrogen and oxygen atoms in total. The second-order valence-electron chi connectivity index (χ2n) is 4.56. The van der Waals surface area contributed by atoms with Gasteiger partial charge in [0.2, 0.25) is 0 Å². The molecule has 20 heavy (non-hydrogen) atoms. The van der Waals surface area contributed by atoms with E-state index in [0.29, 0.717) is 5.69 Å². The Kier molecular flexibility index (Phi) is 4.77. The summed E-state index contributed by atoms with van der Waals surface area (Å²) in [5.41, 5.74) is 0.507. The Morgan fingerprint density at radius 3 is 2.80 bits per heavy atom. The summed E-state index contributed by atoms with van der Waals surface area (Å²) in [6.07, 6.45) is 0.986. The van der Waals surface area contributed by atoms with E-state index >= 15 is 0 Å². The van der Waals surface area contributed by atoms with Crippen LogP contribution in [-0.2, 0) is 0 Å². The molecule has 1 unspecified atom stereocenters. The number of carboxylic acid groups (broad SMARTS) is 1. The molecular formula is C13H15ClN2O3S. The molecule has 0 aliphatic carbocycles. The smallest absolute Gasteiger partial charge is 0.335 e. The minimum Gasteiger partial charge on any atom is -0.478 e. The highest BCUT2D eigenvalue weighted by Gasteiger charge is 2.24. The maximum atomic E-state index is 12.1. The second-order valence-corrected chi connectivity index (χ2v) is 6.12. The molecular weight excluding hydrogens is 300 g/mol. The van der Waals surface area contributed by atoms with Crippen molar-refractivity contribution in [1.82, 2.24) is 4.90 Å². The SMILES string of the molecule is CN(C(=O)Nc1ccc(C(=O)O)cc1Cl)C1CCSC1. The molecule has 1 fully saturated rings. The summed E-state index contributed by atoms with van der Waals surface area (Å²) in [5, 5.41) is 11.8. The molecule has 2 rings (SSSR count). The number of benzene rings is 1. The molecule has 1 aromatic rings. The van der Waals surface area contributed by atoms with Crippen molar-refractivity contribution in [2.45, 2.75) is 12.5 Å². The summed E-state index contributed by atoms with van der Waals surface area (Å²) in [5.74, 6) is 0.955. The van der Waals surface area contributed by atoms with Gasteiger partial charge in [-0.05, 0) is 30.4 Å². The standard InChI is InChI=1S/C13H15ClN2O3S/c1-16(9-4-5-20-7-9)13(19)15-11-3-2-8(12(17)18)6-10(11)14/h2-3,6,9H,4-5,7H2,1H3,(H,15,19)(H,17,18). The zero-order valence-electron chi connectivity index (χ0n) is 10.9. The minimum atomic E-state index is -1.05. The molecule has 2 amide bonds. The average Bonchev–Trinajstić information content (AvgIpc) is 2.93. The molecule has 108 valence electrons. The number of anilines is 1. The fourth-order valence-corrected chi connectivity index (χ4v) is 3.44. The number of hydrogen-bond acceptors (Lipinski definition) is 3. The Balaban J connectivity index is 2.05. The van der Waals surface area contributed by atoms with Crippen LogP contribution in [0.25, 0.3) is 0 Å². The molecule has 0 aromatic heterocycles. The van der Waals surface area contributed by atoms with Gasteiger partial charge in [-0.25, -0.2) is 9.59 Å². The molecule has 1 aliphatic rings. The zero-order valence-corrected chi connectivity index (χ0v) is 12.5. The molecule has 1 saturated heterocycles. The van der Waals surface area contributed by atoms with Crippen molar-refractivity contribution in [3.8, 4) is 0 Å². The number of aromatic carboxylic acids is 1. The molecule has 1 aliphatic heterocycles. The maximum absolute atomic E-state index is 12.1. The number of nitrogens with zero attached hydrogens (tertiary/aromatic N) is 1. The Labute approximate surface area is 126 Å². The number of amides is 2. The third kappa shape index (κ3) is 3.37. The van der Waals surface area contributed by atoms with E-state index < -0.39 is 5.97 Å². The van der Waals surface area contributed by atoms with Gasteiger partial charge in [-0.1, -0.05) is 11.6 Å². The van der Waals surface area contributed by atoms with Crippen molar-refractivity contribution in [3.63, 3.8) is 0 Å². The predicted molar refractivity (Wildman–Crippen MR) is 80.9 cm³/mol. The van der Waals surface area contributed by atoms with Crippen molar-refractivity contribution in [2.75, 3.05) is 23.9 Å². The van der Waals surface area contributed by atoms with Crippen LogP contribution in [0.2, 0.25) is 5.02 Å². The number of carbonyl (C=O) groups excluding carboxylic acids is 1. The van der Waals surface area contributed by atoms with E-state index in [4.69, 9.17) is 16.7 Å². The molecule has 1 aromatic carbocycles. The van der Waals surface area contributed by atoms with Crippen LogP contribution in [0, 0.1) is 0 Å². The average molecular weight is 315 g/mol. The first-order chi connectivity index (χ1) is 9.49. The number of carbonyl (C=O) groups is 2. The van der Waals surface area contributed by atoms with Crippen LogP contribution in [0.3, 0.4) is 0 Å². The van der Waals surface area contributed by atoms with Crippen molar-refractivity contribution < 1.29 is 14.7 Å². The Morgan fingerprint density at radius 1 is 1.50 bits per heavy atom. The summed E-state index contributed by atoms with van der Waals surface area (Å²) in [6.45, 7) is 0. The number of carboxylic acids is 1. The fourth-order valence-electron chi connectivity index (χ4n) is 1.95. The number of nitrogens with one attached hydrogen (secondary N) is 1. The molecule has 7 heteroatoms. The van der Waals surface area contributed by atoms with Crippen LogP contribution in [0.5, 0.6) is 0 Å². The quantitative estimate of drug-likeness (QED) is 0.900. The molecule has 0 saturated carbocycles. The van der Waals surface area contributed by atoms with Gasteiger partial charge in [0.1, 0.15) is 0 Å². The van der Waals surface area contributed by atoms with Gasteiger partial charge in [0.25, 0.3) is 0 Å². The van der Waals surface area contributed by atoms with Crippen LogP contribution in [0.15, 0.2) is 18.2 Å². The zero-order chi connectivity index (χ0) is 14.7. The monoisotopic (exact) mass is 314 g/mol. The lowest BCUT2D eigenvalue weighted by Crippen LogP contribution is -2.39. The lowest BCUT2D eigenvalue weighted by molar-refractivity contribution is 0.0697. The highest BCUT2D eigenvalue weighted by molar-refractivity contribution is 7.99. The Hall–Kier alpha value is -1.40. The van der Waals surface area contributed by atoms with Crippen molar-refractivity contribution >= 4 is 41.1 Å². The fraction of sp³-hybridized carbons (Fsp3) is 0.385. The van der Waals surface area contributed by atoms with E-state index in [1.807, 2.05) is 11.8 Å². The Morgan fingerprint density at radius 2 is 2.25 bits per heavy atom. The van der Waals surface area contributed by atoms with Crippen molar-refractivity contribution in [1.29, 1.82) is 0 Å². The van der Waals surface area contributed by atoms with Crippen molar-refractivity contribution in [2.24, 2.45) is 0 Å². The lowest BCUT2D eigenvalue weighted by atomic mass is 10.2. The molecule has 1 atom stereocenters. The predicted octanol–water partition coefficient (Wildman–Crippen LogP) is 3.01. The summed E-state index contributed by atoms with van der Waals surface area (Å²) in [7, 11) is 1.76. The minimum absolute atomic E-state index is 0.0912. The molecule has 0 spiro atoms. The first-order valence-electron chi connectivity index (χ1n) is 6.13. The largest absolute Gasteiger partial charge is 0.478 e.